The van der Waals surface area contributed by atoms with Crippen molar-refractivity contribution in [1.82, 2.24) is 4.90 Å². The summed E-state index contributed by atoms with van der Waals surface area (Å²) < 4.78 is 62.0. The van der Waals surface area contributed by atoms with Gasteiger partial charge in [0.1, 0.15) is 11.3 Å². The Hall–Kier alpha value is -2.78. The molecule has 0 radical (unpaired) electrons. The topological polar surface area (TPSA) is 68.7 Å². The quantitative estimate of drug-likeness (QED) is 0.357. The number of fused-ring (bicyclic) bond motifs is 1. The van der Waals surface area contributed by atoms with Crippen molar-refractivity contribution in [2.24, 2.45) is 5.73 Å². The van der Waals surface area contributed by atoms with E-state index >= 15 is 0 Å². The maximum Gasteiger partial charge on any atom is 0.380 e. The molecule has 35 heavy (non-hydrogen) atoms. The molecule has 190 valence electrons. The van der Waals surface area contributed by atoms with E-state index < -0.39 is 24.0 Å². The van der Waals surface area contributed by atoms with Gasteiger partial charge in [0.05, 0.1) is 12.7 Å². The van der Waals surface area contributed by atoms with Crippen LogP contribution in [0.3, 0.4) is 0 Å². The van der Waals surface area contributed by atoms with Gasteiger partial charge in [0.15, 0.2) is 5.76 Å². The minimum Gasteiger partial charge on any atom is -0.496 e. The van der Waals surface area contributed by atoms with Crippen molar-refractivity contribution in [3.8, 4) is 5.75 Å². The number of furan rings is 1. The van der Waals surface area contributed by atoms with Crippen LogP contribution in [0.4, 0.5) is 17.6 Å². The molecule has 1 amide bonds. The van der Waals surface area contributed by atoms with Crippen LogP contribution in [0.1, 0.15) is 42.6 Å². The normalized spacial score (nSPS) is 14.3. The lowest BCUT2D eigenvalue weighted by Gasteiger charge is -2.14. The second-order valence-electron chi connectivity index (χ2n) is 8.26. The van der Waals surface area contributed by atoms with Gasteiger partial charge in [-0.15, -0.1) is 0 Å². The van der Waals surface area contributed by atoms with Gasteiger partial charge in [0, 0.05) is 10.4 Å². The molecule has 0 atom stereocenters. The van der Waals surface area contributed by atoms with Gasteiger partial charge in [-0.3, -0.25) is 4.79 Å². The minimum absolute atomic E-state index is 0.00109. The summed E-state index contributed by atoms with van der Waals surface area (Å²) in [6, 6.07) is 10.6. The van der Waals surface area contributed by atoms with Crippen molar-refractivity contribution < 1.29 is 31.5 Å². The maximum atomic E-state index is 13.2. The molecule has 0 saturated carbocycles. The number of hydrogen-bond acceptors (Lipinski definition) is 4. The van der Waals surface area contributed by atoms with Crippen LogP contribution in [0.5, 0.6) is 5.75 Å². The van der Waals surface area contributed by atoms with Crippen LogP contribution in [-0.4, -0.2) is 37.6 Å². The van der Waals surface area contributed by atoms with Crippen LogP contribution in [0, 0.1) is 0 Å². The molecule has 2 aromatic carbocycles. The summed E-state index contributed by atoms with van der Waals surface area (Å²) in [5.41, 5.74) is 5.77. The van der Waals surface area contributed by atoms with Crippen molar-refractivity contribution in [2.45, 2.75) is 38.0 Å². The number of amides is 1. The molecule has 5 nitrogen and oxygen atoms in total. The fourth-order valence-electron chi connectivity index (χ4n) is 3.91. The smallest absolute Gasteiger partial charge is 0.380 e. The zero-order valence-electron chi connectivity index (χ0n) is 19.2. The Morgan fingerprint density at radius 3 is 2.51 bits per heavy atom. The first-order valence-electron chi connectivity index (χ1n) is 11.2. The lowest BCUT2D eigenvalue weighted by molar-refractivity contribution is -0.145. The number of methoxy groups -OCH3 is 1. The zero-order chi connectivity index (χ0) is 25.6. The Bertz CT molecular complexity index is 1150. The molecular weight excluding hydrogens is 488 g/mol. The van der Waals surface area contributed by atoms with Crippen molar-refractivity contribution in [2.75, 3.05) is 26.7 Å². The van der Waals surface area contributed by atoms with E-state index in [-0.39, 0.29) is 16.9 Å². The standard InChI is InChI=1S/C15H21F2NO.C10H6ClF2NO2/c1-19-14-7-6-12(11-13(14)15(16)17)5-4-10-18-8-2-3-9-18;11-6-1-2-7-5(3-6)4-8(16-7)10(12,13)9(14)15/h6-7,11,15H,2-5,8-10H2,1H3;1-4H,(H2,14,15). The number of hydrogen-bond donors (Lipinski definition) is 1. The van der Waals surface area contributed by atoms with Crippen molar-refractivity contribution in [3.63, 3.8) is 0 Å². The molecule has 2 heterocycles. The predicted octanol–water partition coefficient (Wildman–Crippen LogP) is 6.32. The van der Waals surface area contributed by atoms with Crippen LogP contribution in [0.15, 0.2) is 46.9 Å². The Labute approximate surface area is 205 Å². The van der Waals surface area contributed by atoms with E-state index in [9.17, 15) is 22.4 Å². The number of primary amides is 1. The SMILES string of the molecule is COc1ccc(CCCN2CCCC2)cc1C(F)F.NC(=O)C(F)(F)c1cc2cc(Cl)ccc2o1. The van der Waals surface area contributed by atoms with Gasteiger partial charge in [-0.2, -0.15) is 8.78 Å². The molecule has 1 aliphatic heterocycles. The first-order valence-corrected chi connectivity index (χ1v) is 11.5. The monoisotopic (exact) mass is 514 g/mol. The van der Waals surface area contributed by atoms with E-state index in [0.717, 1.165) is 31.0 Å². The molecule has 0 aliphatic carbocycles. The highest BCUT2D eigenvalue weighted by molar-refractivity contribution is 6.31. The Balaban J connectivity index is 0.000000198. The second kappa shape index (κ2) is 11.8. The number of aryl methyl sites for hydroxylation is 1. The number of rotatable bonds is 8. The van der Waals surface area contributed by atoms with E-state index in [1.807, 2.05) is 6.07 Å². The van der Waals surface area contributed by atoms with Crippen LogP contribution in [0.2, 0.25) is 5.02 Å². The third kappa shape index (κ3) is 6.89. The lowest BCUT2D eigenvalue weighted by Crippen LogP contribution is -2.32. The highest BCUT2D eigenvalue weighted by Crippen LogP contribution is 2.33. The Kier molecular flexibility index (Phi) is 9.02. The summed E-state index contributed by atoms with van der Waals surface area (Å²) in [6.07, 6.45) is 1.97. The van der Waals surface area contributed by atoms with Gasteiger partial charge >= 0.3 is 5.92 Å². The molecule has 1 fully saturated rings. The summed E-state index contributed by atoms with van der Waals surface area (Å²) in [4.78, 5) is 13.0. The third-order valence-electron chi connectivity index (χ3n) is 5.76. The number of benzene rings is 2. The largest absolute Gasteiger partial charge is 0.496 e. The number of nitrogens with zero attached hydrogens (tertiary/aromatic N) is 1. The molecule has 1 aliphatic rings. The van der Waals surface area contributed by atoms with Crippen LogP contribution in [0.25, 0.3) is 11.0 Å². The summed E-state index contributed by atoms with van der Waals surface area (Å²) in [5, 5.41) is 0.783. The summed E-state index contributed by atoms with van der Waals surface area (Å²) in [6.45, 7) is 3.44. The molecule has 1 aromatic heterocycles. The molecule has 10 heteroatoms. The molecule has 4 rings (SSSR count). The Morgan fingerprint density at radius 1 is 1.17 bits per heavy atom. The van der Waals surface area contributed by atoms with E-state index in [4.69, 9.17) is 20.8 Å². The molecule has 0 unspecified atom stereocenters. The highest BCUT2D eigenvalue weighted by atomic mass is 35.5. The van der Waals surface area contributed by atoms with E-state index in [2.05, 4.69) is 10.6 Å². The minimum atomic E-state index is -3.81. The van der Waals surface area contributed by atoms with Crippen molar-refractivity contribution in [1.29, 1.82) is 0 Å². The molecular formula is C25H27ClF4N2O3. The van der Waals surface area contributed by atoms with E-state index in [1.165, 1.54) is 51.2 Å². The van der Waals surface area contributed by atoms with Crippen LogP contribution < -0.4 is 10.5 Å². The van der Waals surface area contributed by atoms with Crippen molar-refractivity contribution in [3.05, 3.63) is 64.4 Å². The van der Waals surface area contributed by atoms with Crippen molar-refractivity contribution >= 4 is 28.5 Å². The molecule has 3 aromatic rings. The predicted molar refractivity (Wildman–Crippen MR) is 126 cm³/mol. The Morgan fingerprint density at radius 2 is 1.89 bits per heavy atom. The van der Waals surface area contributed by atoms with E-state index in [1.54, 1.807) is 12.1 Å². The lowest BCUT2D eigenvalue weighted by atomic mass is 10.1. The molecule has 0 bridgehead atoms. The second-order valence-corrected chi connectivity index (χ2v) is 8.70. The third-order valence-corrected chi connectivity index (χ3v) is 6.00. The van der Waals surface area contributed by atoms with Gasteiger partial charge < -0.3 is 19.8 Å². The first-order chi connectivity index (χ1) is 16.6. The number of likely N-dealkylation sites (tertiary alicyclic amines) is 1. The van der Waals surface area contributed by atoms with Crippen LogP contribution in [-0.2, 0) is 17.1 Å². The van der Waals surface area contributed by atoms with E-state index in [0.29, 0.717) is 10.4 Å². The molecule has 2 N–H and O–H groups in total. The summed E-state index contributed by atoms with van der Waals surface area (Å²) in [5.74, 6) is -6.07. The number of nitrogens with two attached hydrogens (primary N) is 1. The highest BCUT2D eigenvalue weighted by Gasteiger charge is 2.42. The molecule has 0 spiro atoms. The summed E-state index contributed by atoms with van der Waals surface area (Å²) in [7, 11) is 1.42. The first kappa shape index (κ1) is 26.8. The van der Waals surface area contributed by atoms with Crippen LogP contribution >= 0.6 is 11.6 Å². The molecule has 1 saturated heterocycles. The fourth-order valence-corrected chi connectivity index (χ4v) is 4.09. The summed E-state index contributed by atoms with van der Waals surface area (Å²) >= 11 is 5.68. The van der Waals surface area contributed by atoms with Gasteiger partial charge in [-0.1, -0.05) is 17.7 Å². The maximum absolute atomic E-state index is 13.2. The van der Waals surface area contributed by atoms with Gasteiger partial charge in [0.25, 0.3) is 12.3 Å². The number of ether oxygens (including phenoxy) is 1. The zero-order valence-corrected chi connectivity index (χ0v) is 20.0. The van der Waals surface area contributed by atoms with Gasteiger partial charge in [0.2, 0.25) is 0 Å². The fraction of sp³-hybridized carbons (Fsp3) is 0.400. The average molecular weight is 515 g/mol. The number of carbonyl (C=O) groups is 1. The number of halogens is 5. The number of carbonyl (C=O) groups excluding carboxylic acids is 1. The average Bonchev–Trinajstić information content (AvgIpc) is 3.49. The number of alkyl halides is 4. The van der Waals surface area contributed by atoms with Gasteiger partial charge in [-0.25, -0.2) is 8.78 Å². The van der Waals surface area contributed by atoms with Gasteiger partial charge in [-0.05, 0) is 87.3 Å².